The first-order valence-electron chi connectivity index (χ1n) is 7.86. The molecule has 2 fully saturated rings. The van der Waals surface area contributed by atoms with Crippen LogP contribution in [-0.2, 0) is 11.3 Å². The van der Waals surface area contributed by atoms with Gasteiger partial charge < -0.3 is 15.8 Å². The zero-order valence-corrected chi connectivity index (χ0v) is 12.6. The van der Waals surface area contributed by atoms with E-state index in [4.69, 9.17) is 10.5 Å². The van der Waals surface area contributed by atoms with Gasteiger partial charge in [-0.25, -0.2) is 0 Å². The van der Waals surface area contributed by atoms with E-state index in [1.54, 1.807) is 7.11 Å². The SMILES string of the molecule is COc1cc(CN)ccc1NC(=O)CC1CC2CCC1C2. The van der Waals surface area contributed by atoms with Crippen molar-refractivity contribution < 1.29 is 9.53 Å². The Labute approximate surface area is 126 Å². The summed E-state index contributed by atoms with van der Waals surface area (Å²) in [7, 11) is 1.61. The summed E-state index contributed by atoms with van der Waals surface area (Å²) >= 11 is 0. The van der Waals surface area contributed by atoms with Crippen molar-refractivity contribution in [1.82, 2.24) is 0 Å². The van der Waals surface area contributed by atoms with E-state index in [0.717, 1.165) is 23.1 Å². The molecule has 2 aliphatic rings. The van der Waals surface area contributed by atoms with Gasteiger partial charge in [0.1, 0.15) is 5.75 Å². The van der Waals surface area contributed by atoms with Crippen molar-refractivity contribution in [1.29, 1.82) is 0 Å². The fourth-order valence-corrected chi connectivity index (χ4v) is 4.03. The molecule has 4 heteroatoms. The minimum Gasteiger partial charge on any atom is -0.495 e. The lowest BCUT2D eigenvalue weighted by molar-refractivity contribution is -0.117. The molecule has 3 unspecified atom stereocenters. The zero-order chi connectivity index (χ0) is 14.8. The van der Waals surface area contributed by atoms with Crippen LogP contribution >= 0.6 is 0 Å². The third kappa shape index (κ3) is 3.05. The third-order valence-electron chi connectivity index (χ3n) is 5.11. The molecule has 0 spiro atoms. The molecular weight excluding hydrogens is 264 g/mol. The normalized spacial score (nSPS) is 26.9. The molecule has 0 aromatic heterocycles. The van der Waals surface area contributed by atoms with Crippen LogP contribution in [-0.4, -0.2) is 13.0 Å². The monoisotopic (exact) mass is 288 g/mol. The van der Waals surface area contributed by atoms with Crippen LogP contribution in [0.5, 0.6) is 5.75 Å². The average molecular weight is 288 g/mol. The second-order valence-electron chi connectivity index (χ2n) is 6.43. The molecule has 0 radical (unpaired) electrons. The maximum Gasteiger partial charge on any atom is 0.224 e. The minimum absolute atomic E-state index is 0.103. The standard InChI is InChI=1S/C17H24N2O2/c1-21-16-8-12(10-18)3-5-15(16)19-17(20)9-14-7-11-2-4-13(14)6-11/h3,5,8,11,13-14H,2,4,6-7,9-10,18H2,1H3,(H,19,20). The van der Waals surface area contributed by atoms with Crippen molar-refractivity contribution in [3.8, 4) is 5.75 Å². The number of ether oxygens (including phenoxy) is 1. The van der Waals surface area contributed by atoms with Crippen molar-refractivity contribution >= 4 is 11.6 Å². The smallest absolute Gasteiger partial charge is 0.224 e. The lowest BCUT2D eigenvalue weighted by Gasteiger charge is -2.21. The van der Waals surface area contributed by atoms with E-state index in [9.17, 15) is 4.79 Å². The summed E-state index contributed by atoms with van der Waals surface area (Å²) in [5.74, 6) is 3.03. The Morgan fingerprint density at radius 3 is 2.86 bits per heavy atom. The highest BCUT2D eigenvalue weighted by molar-refractivity contribution is 5.92. The Bertz CT molecular complexity index is 530. The number of hydrogen-bond acceptors (Lipinski definition) is 3. The highest BCUT2D eigenvalue weighted by Gasteiger charge is 2.40. The molecule has 2 bridgehead atoms. The number of methoxy groups -OCH3 is 1. The number of hydrogen-bond donors (Lipinski definition) is 2. The molecule has 3 atom stereocenters. The zero-order valence-electron chi connectivity index (χ0n) is 12.6. The van der Waals surface area contributed by atoms with Crippen molar-refractivity contribution in [3.63, 3.8) is 0 Å². The number of carbonyl (C=O) groups is 1. The number of nitrogens with one attached hydrogen (secondary N) is 1. The second kappa shape index (κ2) is 6.06. The largest absolute Gasteiger partial charge is 0.495 e. The van der Waals surface area contributed by atoms with Crippen LogP contribution in [0.25, 0.3) is 0 Å². The summed E-state index contributed by atoms with van der Waals surface area (Å²) in [4.78, 5) is 12.3. The van der Waals surface area contributed by atoms with Gasteiger partial charge in [-0.3, -0.25) is 4.79 Å². The number of rotatable bonds is 5. The molecule has 4 nitrogen and oxygen atoms in total. The van der Waals surface area contributed by atoms with E-state index in [0.29, 0.717) is 24.6 Å². The first-order valence-corrected chi connectivity index (χ1v) is 7.86. The quantitative estimate of drug-likeness (QED) is 0.875. The van der Waals surface area contributed by atoms with Crippen LogP contribution in [0.15, 0.2) is 18.2 Å². The summed E-state index contributed by atoms with van der Waals surface area (Å²) in [6.45, 7) is 0.468. The predicted molar refractivity (Wildman–Crippen MR) is 83.1 cm³/mol. The lowest BCUT2D eigenvalue weighted by Crippen LogP contribution is -2.20. The number of carbonyl (C=O) groups excluding carboxylic acids is 1. The molecule has 1 aromatic carbocycles. The van der Waals surface area contributed by atoms with Gasteiger partial charge in [0.05, 0.1) is 12.8 Å². The third-order valence-corrected chi connectivity index (χ3v) is 5.11. The number of benzene rings is 1. The number of anilines is 1. The molecular formula is C17H24N2O2. The summed E-state index contributed by atoms with van der Waals surface area (Å²) in [6.07, 6.45) is 5.91. The van der Waals surface area contributed by atoms with Crippen molar-refractivity contribution in [2.45, 2.75) is 38.6 Å². The molecule has 21 heavy (non-hydrogen) atoms. The minimum atomic E-state index is 0.103. The molecule has 3 rings (SSSR count). The molecule has 0 heterocycles. The van der Waals surface area contributed by atoms with Gasteiger partial charge in [-0.2, -0.15) is 0 Å². The highest BCUT2D eigenvalue weighted by Crippen LogP contribution is 2.49. The molecule has 3 N–H and O–H groups in total. The Hall–Kier alpha value is -1.55. The van der Waals surface area contributed by atoms with Crippen LogP contribution in [0.4, 0.5) is 5.69 Å². The summed E-state index contributed by atoms with van der Waals surface area (Å²) < 4.78 is 5.34. The summed E-state index contributed by atoms with van der Waals surface area (Å²) in [5.41, 5.74) is 7.36. The molecule has 0 saturated heterocycles. The van der Waals surface area contributed by atoms with Crippen molar-refractivity contribution in [2.75, 3.05) is 12.4 Å². The van der Waals surface area contributed by atoms with Gasteiger partial charge in [-0.15, -0.1) is 0 Å². The van der Waals surface area contributed by atoms with Crippen LogP contribution in [0.3, 0.4) is 0 Å². The Morgan fingerprint density at radius 2 is 2.24 bits per heavy atom. The maximum atomic E-state index is 12.3. The summed E-state index contributed by atoms with van der Waals surface area (Å²) in [5, 5.41) is 2.99. The first-order chi connectivity index (χ1) is 10.2. The second-order valence-corrected chi connectivity index (χ2v) is 6.43. The Balaban J connectivity index is 1.62. The van der Waals surface area contributed by atoms with E-state index < -0.39 is 0 Å². The molecule has 0 aliphatic heterocycles. The summed E-state index contributed by atoms with van der Waals surface area (Å²) in [6, 6.07) is 5.68. The maximum absolute atomic E-state index is 12.3. The predicted octanol–water partition coefficient (Wildman–Crippen LogP) is 2.92. The van der Waals surface area contributed by atoms with Gasteiger partial charge >= 0.3 is 0 Å². The Morgan fingerprint density at radius 1 is 1.38 bits per heavy atom. The number of fused-ring (bicyclic) bond motifs is 2. The lowest BCUT2D eigenvalue weighted by atomic mass is 9.86. The van der Waals surface area contributed by atoms with Gasteiger partial charge in [-0.1, -0.05) is 12.5 Å². The van der Waals surface area contributed by atoms with Crippen molar-refractivity contribution in [2.24, 2.45) is 23.5 Å². The van der Waals surface area contributed by atoms with Crippen LogP contribution in [0, 0.1) is 17.8 Å². The Kier molecular flexibility index (Phi) is 4.15. The van der Waals surface area contributed by atoms with Gasteiger partial charge in [0, 0.05) is 13.0 Å². The van der Waals surface area contributed by atoms with E-state index in [2.05, 4.69) is 5.32 Å². The van der Waals surface area contributed by atoms with E-state index in [1.807, 2.05) is 18.2 Å². The fraction of sp³-hybridized carbons (Fsp3) is 0.588. The molecule has 2 aliphatic carbocycles. The van der Waals surface area contributed by atoms with E-state index >= 15 is 0 Å². The first kappa shape index (κ1) is 14.4. The van der Waals surface area contributed by atoms with E-state index in [-0.39, 0.29) is 5.91 Å². The van der Waals surface area contributed by atoms with Crippen molar-refractivity contribution in [3.05, 3.63) is 23.8 Å². The van der Waals surface area contributed by atoms with Crippen LogP contribution in [0.2, 0.25) is 0 Å². The number of amides is 1. The topological polar surface area (TPSA) is 64.3 Å². The molecule has 1 aromatic rings. The van der Waals surface area contributed by atoms with Gasteiger partial charge in [0.25, 0.3) is 0 Å². The van der Waals surface area contributed by atoms with E-state index in [1.165, 1.54) is 25.7 Å². The van der Waals surface area contributed by atoms with Gasteiger partial charge in [0.15, 0.2) is 0 Å². The highest BCUT2D eigenvalue weighted by atomic mass is 16.5. The van der Waals surface area contributed by atoms with Gasteiger partial charge in [0.2, 0.25) is 5.91 Å². The average Bonchev–Trinajstić information content (AvgIpc) is 3.10. The van der Waals surface area contributed by atoms with Crippen LogP contribution in [0.1, 0.15) is 37.7 Å². The van der Waals surface area contributed by atoms with Crippen LogP contribution < -0.4 is 15.8 Å². The van der Waals surface area contributed by atoms with Gasteiger partial charge in [-0.05, 0) is 54.7 Å². The molecule has 2 saturated carbocycles. The fourth-order valence-electron chi connectivity index (χ4n) is 4.03. The number of nitrogens with two attached hydrogens (primary N) is 1. The molecule has 1 amide bonds. The molecule has 114 valence electrons.